The van der Waals surface area contributed by atoms with Gasteiger partial charge in [0.15, 0.2) is 0 Å². The molecule has 1 rings (SSSR count). The number of carbonyl (C=O) groups is 1. The Morgan fingerprint density at radius 1 is 1.42 bits per heavy atom. The van der Waals surface area contributed by atoms with Gasteiger partial charge in [0.05, 0.1) is 6.61 Å². The van der Waals surface area contributed by atoms with Gasteiger partial charge in [0.25, 0.3) is 0 Å². The molecule has 0 radical (unpaired) electrons. The molecular formula is C10H16O2. The van der Waals surface area contributed by atoms with Crippen LogP contribution in [-0.4, -0.2) is 12.6 Å². The largest absolute Gasteiger partial charge is 0.463 e. The molecule has 0 aromatic rings. The fraction of sp³-hybridized carbons (Fsp3) is 0.700. The minimum atomic E-state index is -0.191. The van der Waals surface area contributed by atoms with E-state index in [0.29, 0.717) is 12.5 Å². The number of hydrogen-bond acceptors (Lipinski definition) is 2. The molecule has 1 aliphatic rings. The highest BCUT2D eigenvalue weighted by molar-refractivity contribution is 5.81. The van der Waals surface area contributed by atoms with E-state index in [1.807, 2.05) is 6.08 Å². The predicted molar refractivity (Wildman–Crippen MR) is 47.7 cm³/mol. The van der Waals surface area contributed by atoms with Crippen molar-refractivity contribution in [3.8, 4) is 0 Å². The summed E-state index contributed by atoms with van der Waals surface area (Å²) in [6, 6.07) is 0. The van der Waals surface area contributed by atoms with Gasteiger partial charge in [0.1, 0.15) is 0 Å². The van der Waals surface area contributed by atoms with Crippen molar-refractivity contribution in [3.05, 3.63) is 12.2 Å². The second-order valence-electron chi connectivity index (χ2n) is 3.35. The first-order valence-corrected chi connectivity index (χ1v) is 4.64. The Morgan fingerprint density at radius 2 is 2.25 bits per heavy atom. The van der Waals surface area contributed by atoms with Gasteiger partial charge in [-0.2, -0.15) is 0 Å². The molecule has 1 unspecified atom stereocenters. The average molecular weight is 168 g/mol. The zero-order valence-electron chi connectivity index (χ0n) is 7.58. The minimum absolute atomic E-state index is 0.191. The van der Waals surface area contributed by atoms with Gasteiger partial charge in [-0.25, -0.2) is 4.79 Å². The molecular weight excluding hydrogens is 152 g/mol. The molecule has 68 valence electrons. The summed E-state index contributed by atoms with van der Waals surface area (Å²) in [5.41, 5.74) is 0. The Labute approximate surface area is 73.6 Å². The smallest absolute Gasteiger partial charge is 0.330 e. The van der Waals surface area contributed by atoms with E-state index >= 15 is 0 Å². The van der Waals surface area contributed by atoms with Gasteiger partial charge < -0.3 is 4.74 Å². The van der Waals surface area contributed by atoms with Crippen molar-refractivity contribution in [1.82, 2.24) is 0 Å². The molecule has 0 bridgehead atoms. The highest BCUT2D eigenvalue weighted by Crippen LogP contribution is 2.12. The van der Waals surface area contributed by atoms with Crippen molar-refractivity contribution in [2.75, 3.05) is 6.61 Å². The van der Waals surface area contributed by atoms with Crippen LogP contribution in [0.5, 0.6) is 0 Å². The summed E-state index contributed by atoms with van der Waals surface area (Å²) in [4.78, 5) is 10.9. The molecule has 1 aliphatic heterocycles. The number of cyclic esters (lactones) is 1. The Kier molecular flexibility index (Phi) is 3.85. The summed E-state index contributed by atoms with van der Waals surface area (Å²) < 4.78 is 4.94. The number of allylic oxidation sites excluding steroid dienone is 1. The molecule has 0 aromatic carbocycles. The van der Waals surface area contributed by atoms with Gasteiger partial charge >= 0.3 is 5.97 Å². The third-order valence-electron chi connectivity index (χ3n) is 2.11. The standard InChI is InChI=1S/C10H16O2/c1-9-5-3-2-4-8-12-10(11)7-6-9/h6-7,9H,2-5,8H2,1H3/b7-6-. The van der Waals surface area contributed by atoms with E-state index < -0.39 is 0 Å². The van der Waals surface area contributed by atoms with Crippen LogP contribution in [-0.2, 0) is 9.53 Å². The van der Waals surface area contributed by atoms with E-state index in [1.165, 1.54) is 19.3 Å². The molecule has 2 nitrogen and oxygen atoms in total. The zero-order chi connectivity index (χ0) is 8.81. The molecule has 1 heterocycles. The Balaban J connectivity index is 2.44. The van der Waals surface area contributed by atoms with Crippen molar-refractivity contribution in [2.45, 2.75) is 32.6 Å². The maximum Gasteiger partial charge on any atom is 0.330 e. The highest BCUT2D eigenvalue weighted by atomic mass is 16.5. The Morgan fingerprint density at radius 3 is 3.08 bits per heavy atom. The summed E-state index contributed by atoms with van der Waals surface area (Å²) in [7, 11) is 0. The topological polar surface area (TPSA) is 26.3 Å². The third-order valence-corrected chi connectivity index (χ3v) is 2.11. The van der Waals surface area contributed by atoms with Gasteiger partial charge in [-0.15, -0.1) is 0 Å². The van der Waals surface area contributed by atoms with Crippen LogP contribution in [0.15, 0.2) is 12.2 Å². The number of ether oxygens (including phenoxy) is 1. The van der Waals surface area contributed by atoms with Gasteiger partial charge in [0, 0.05) is 6.08 Å². The van der Waals surface area contributed by atoms with Crippen LogP contribution in [0.3, 0.4) is 0 Å². The maximum atomic E-state index is 10.9. The second kappa shape index (κ2) is 4.96. The van der Waals surface area contributed by atoms with E-state index in [2.05, 4.69) is 6.92 Å². The normalized spacial score (nSPS) is 29.1. The van der Waals surface area contributed by atoms with Gasteiger partial charge in [-0.1, -0.05) is 25.8 Å². The van der Waals surface area contributed by atoms with Crippen LogP contribution in [0.2, 0.25) is 0 Å². The summed E-state index contributed by atoms with van der Waals surface area (Å²) in [6.45, 7) is 2.71. The second-order valence-corrected chi connectivity index (χ2v) is 3.35. The zero-order valence-corrected chi connectivity index (χ0v) is 7.58. The third kappa shape index (κ3) is 3.56. The summed E-state index contributed by atoms with van der Waals surface area (Å²) in [5.74, 6) is 0.319. The molecule has 0 saturated carbocycles. The molecule has 2 heteroatoms. The summed E-state index contributed by atoms with van der Waals surface area (Å²) >= 11 is 0. The van der Waals surface area contributed by atoms with Crippen molar-refractivity contribution in [1.29, 1.82) is 0 Å². The first kappa shape index (κ1) is 9.30. The number of rotatable bonds is 0. The highest BCUT2D eigenvalue weighted by Gasteiger charge is 2.03. The number of esters is 1. The van der Waals surface area contributed by atoms with E-state index in [0.717, 1.165) is 6.42 Å². The van der Waals surface area contributed by atoms with E-state index in [9.17, 15) is 4.79 Å². The fourth-order valence-corrected chi connectivity index (χ4v) is 1.31. The van der Waals surface area contributed by atoms with Crippen molar-refractivity contribution in [3.63, 3.8) is 0 Å². The summed E-state index contributed by atoms with van der Waals surface area (Å²) in [5, 5.41) is 0. The lowest BCUT2D eigenvalue weighted by Gasteiger charge is -2.08. The van der Waals surface area contributed by atoms with Crippen LogP contribution in [0.4, 0.5) is 0 Å². The molecule has 1 atom stereocenters. The number of hydrogen-bond donors (Lipinski definition) is 0. The molecule has 0 spiro atoms. The molecule has 12 heavy (non-hydrogen) atoms. The van der Waals surface area contributed by atoms with Crippen LogP contribution in [0.1, 0.15) is 32.6 Å². The molecule has 0 fully saturated rings. The Bertz CT molecular complexity index is 173. The van der Waals surface area contributed by atoms with Crippen molar-refractivity contribution in [2.24, 2.45) is 5.92 Å². The van der Waals surface area contributed by atoms with Crippen molar-refractivity contribution < 1.29 is 9.53 Å². The Hall–Kier alpha value is -0.790. The van der Waals surface area contributed by atoms with Crippen LogP contribution in [0.25, 0.3) is 0 Å². The molecule has 0 amide bonds. The molecule has 0 N–H and O–H groups in total. The van der Waals surface area contributed by atoms with Crippen LogP contribution in [0, 0.1) is 5.92 Å². The fourth-order valence-electron chi connectivity index (χ4n) is 1.31. The molecule has 0 saturated heterocycles. The van der Waals surface area contributed by atoms with Gasteiger partial charge in [-0.05, 0) is 18.8 Å². The maximum absolute atomic E-state index is 10.9. The first-order chi connectivity index (χ1) is 5.79. The lowest BCUT2D eigenvalue weighted by atomic mass is 10.0. The van der Waals surface area contributed by atoms with Crippen LogP contribution < -0.4 is 0 Å². The lowest BCUT2D eigenvalue weighted by molar-refractivity contribution is -0.137. The number of carbonyl (C=O) groups excluding carboxylic acids is 1. The molecule has 0 aromatic heterocycles. The average Bonchev–Trinajstić information content (AvgIpc) is 2.07. The van der Waals surface area contributed by atoms with Crippen molar-refractivity contribution >= 4 is 5.97 Å². The SMILES string of the molecule is CC1/C=C\C(=O)OCCCCC1. The van der Waals surface area contributed by atoms with Crippen LogP contribution >= 0.6 is 0 Å². The van der Waals surface area contributed by atoms with Gasteiger partial charge in [-0.3, -0.25) is 0 Å². The van der Waals surface area contributed by atoms with Gasteiger partial charge in [0.2, 0.25) is 0 Å². The molecule has 0 aliphatic carbocycles. The quantitative estimate of drug-likeness (QED) is 0.519. The predicted octanol–water partition coefficient (Wildman–Crippen LogP) is 2.30. The minimum Gasteiger partial charge on any atom is -0.463 e. The van der Waals surface area contributed by atoms with E-state index in [4.69, 9.17) is 4.74 Å². The lowest BCUT2D eigenvalue weighted by Crippen LogP contribution is -2.05. The monoisotopic (exact) mass is 168 g/mol. The summed E-state index contributed by atoms with van der Waals surface area (Å²) in [6.07, 6.45) is 8.09. The first-order valence-electron chi connectivity index (χ1n) is 4.64. The van der Waals surface area contributed by atoms with E-state index in [-0.39, 0.29) is 5.97 Å². The van der Waals surface area contributed by atoms with E-state index in [1.54, 1.807) is 6.08 Å².